The first-order valence-corrected chi connectivity index (χ1v) is 6.61. The number of rotatable bonds is 7. The van der Waals surface area contributed by atoms with Crippen LogP contribution in [-0.4, -0.2) is 42.0 Å². The van der Waals surface area contributed by atoms with Gasteiger partial charge in [-0.15, -0.1) is 0 Å². The Kier molecular flexibility index (Phi) is 4.88. The van der Waals surface area contributed by atoms with Gasteiger partial charge in [-0.3, -0.25) is 4.90 Å². The first-order chi connectivity index (χ1) is 9.48. The molecule has 1 fully saturated rings. The molecular weight excluding hydrogens is 271 g/mol. The number of alkyl halides is 3. The monoisotopic (exact) mass is 289 g/mol. The molecule has 1 N–H and O–H groups in total. The van der Waals surface area contributed by atoms with Gasteiger partial charge in [0.25, 0.3) is 0 Å². The van der Waals surface area contributed by atoms with Gasteiger partial charge in [-0.05, 0) is 30.5 Å². The van der Waals surface area contributed by atoms with Gasteiger partial charge in [0.2, 0.25) is 0 Å². The SMILES string of the molecule is OCCN(Cc1cccc(OCC(F)(F)F)c1)C1CC1. The van der Waals surface area contributed by atoms with Gasteiger partial charge < -0.3 is 9.84 Å². The molecule has 1 aliphatic carbocycles. The van der Waals surface area contributed by atoms with Gasteiger partial charge in [0.15, 0.2) is 6.61 Å². The van der Waals surface area contributed by atoms with Crippen molar-refractivity contribution in [2.24, 2.45) is 0 Å². The van der Waals surface area contributed by atoms with Crippen molar-refractivity contribution in [3.05, 3.63) is 29.8 Å². The molecule has 0 aliphatic heterocycles. The van der Waals surface area contributed by atoms with Gasteiger partial charge >= 0.3 is 6.18 Å². The van der Waals surface area contributed by atoms with Crippen LogP contribution in [0.1, 0.15) is 18.4 Å². The van der Waals surface area contributed by atoms with Gasteiger partial charge in [0.1, 0.15) is 5.75 Å². The van der Waals surface area contributed by atoms with E-state index in [9.17, 15) is 13.2 Å². The predicted octanol–water partition coefficient (Wildman–Crippen LogP) is 2.58. The number of halogens is 3. The number of aliphatic hydroxyl groups excluding tert-OH is 1. The zero-order valence-corrected chi connectivity index (χ0v) is 11.1. The number of aliphatic hydroxyl groups is 1. The zero-order valence-electron chi connectivity index (χ0n) is 11.1. The van der Waals surface area contributed by atoms with E-state index in [1.165, 1.54) is 6.07 Å². The van der Waals surface area contributed by atoms with Crippen LogP contribution in [0.2, 0.25) is 0 Å². The van der Waals surface area contributed by atoms with Crippen LogP contribution >= 0.6 is 0 Å². The molecule has 0 saturated heterocycles. The first-order valence-electron chi connectivity index (χ1n) is 6.61. The summed E-state index contributed by atoms with van der Waals surface area (Å²) in [5, 5.41) is 9.03. The Labute approximate surface area is 116 Å². The maximum absolute atomic E-state index is 12.1. The maximum Gasteiger partial charge on any atom is 0.422 e. The van der Waals surface area contributed by atoms with Gasteiger partial charge in [-0.2, -0.15) is 13.2 Å². The molecule has 0 bridgehead atoms. The molecule has 1 saturated carbocycles. The fourth-order valence-electron chi connectivity index (χ4n) is 2.09. The minimum atomic E-state index is -4.33. The van der Waals surface area contributed by atoms with Crippen LogP contribution in [0.25, 0.3) is 0 Å². The lowest BCUT2D eigenvalue weighted by atomic mass is 10.2. The molecule has 0 heterocycles. The molecule has 20 heavy (non-hydrogen) atoms. The van der Waals surface area contributed by atoms with E-state index in [0.29, 0.717) is 19.1 Å². The fraction of sp³-hybridized carbons (Fsp3) is 0.571. The normalized spacial score (nSPS) is 15.7. The van der Waals surface area contributed by atoms with Crippen molar-refractivity contribution in [1.29, 1.82) is 0 Å². The highest BCUT2D eigenvalue weighted by atomic mass is 19.4. The third-order valence-corrected chi connectivity index (χ3v) is 3.14. The van der Waals surface area contributed by atoms with Gasteiger partial charge in [-0.1, -0.05) is 12.1 Å². The van der Waals surface area contributed by atoms with Crippen molar-refractivity contribution in [1.82, 2.24) is 4.90 Å². The Morgan fingerprint density at radius 2 is 2.05 bits per heavy atom. The fourth-order valence-corrected chi connectivity index (χ4v) is 2.09. The third kappa shape index (κ3) is 5.02. The quantitative estimate of drug-likeness (QED) is 0.837. The van der Waals surface area contributed by atoms with Crippen molar-refractivity contribution in [2.45, 2.75) is 31.6 Å². The second-order valence-corrected chi connectivity index (χ2v) is 4.98. The van der Waals surface area contributed by atoms with E-state index in [1.54, 1.807) is 12.1 Å². The Bertz CT molecular complexity index is 433. The van der Waals surface area contributed by atoms with Gasteiger partial charge in [0.05, 0.1) is 6.61 Å². The maximum atomic E-state index is 12.1. The van der Waals surface area contributed by atoms with Crippen LogP contribution < -0.4 is 4.74 Å². The lowest BCUT2D eigenvalue weighted by Gasteiger charge is -2.21. The van der Waals surface area contributed by atoms with E-state index in [4.69, 9.17) is 9.84 Å². The van der Waals surface area contributed by atoms with Crippen molar-refractivity contribution in [3.63, 3.8) is 0 Å². The summed E-state index contributed by atoms with van der Waals surface area (Å²) in [7, 11) is 0. The predicted molar refractivity (Wildman–Crippen MR) is 68.5 cm³/mol. The standard InChI is InChI=1S/C14H18F3NO2/c15-14(16,17)10-20-13-3-1-2-11(8-13)9-18(6-7-19)12-4-5-12/h1-3,8,12,19H,4-7,9-10H2. The average molecular weight is 289 g/mol. The second kappa shape index (κ2) is 6.45. The molecular formula is C14H18F3NO2. The third-order valence-electron chi connectivity index (χ3n) is 3.14. The molecule has 112 valence electrons. The van der Waals surface area contributed by atoms with Crippen molar-refractivity contribution >= 4 is 0 Å². The number of ether oxygens (including phenoxy) is 1. The molecule has 0 atom stereocenters. The van der Waals surface area contributed by atoms with Crippen LogP contribution in [0.15, 0.2) is 24.3 Å². The molecule has 1 aromatic rings. The summed E-state index contributed by atoms with van der Waals surface area (Å²) >= 11 is 0. The van der Waals surface area contributed by atoms with Gasteiger partial charge in [0, 0.05) is 19.1 Å². The lowest BCUT2D eigenvalue weighted by molar-refractivity contribution is -0.153. The summed E-state index contributed by atoms with van der Waals surface area (Å²) in [6.45, 7) is 0.00689. The Morgan fingerprint density at radius 3 is 2.65 bits per heavy atom. The molecule has 0 amide bonds. The minimum absolute atomic E-state index is 0.0841. The first kappa shape index (κ1) is 15.1. The Balaban J connectivity index is 1.94. The molecule has 0 aromatic heterocycles. The van der Waals surface area contributed by atoms with Crippen LogP contribution in [0, 0.1) is 0 Å². The van der Waals surface area contributed by atoms with Crippen molar-refractivity contribution in [3.8, 4) is 5.75 Å². The summed E-state index contributed by atoms with van der Waals surface area (Å²) in [5.41, 5.74) is 0.894. The second-order valence-electron chi connectivity index (χ2n) is 4.98. The van der Waals surface area contributed by atoms with E-state index in [2.05, 4.69) is 4.90 Å². The summed E-state index contributed by atoms with van der Waals surface area (Å²) in [6, 6.07) is 7.17. The van der Waals surface area contributed by atoms with E-state index in [0.717, 1.165) is 18.4 Å². The number of nitrogens with zero attached hydrogens (tertiary/aromatic N) is 1. The van der Waals surface area contributed by atoms with Crippen LogP contribution in [0.3, 0.4) is 0 Å². The summed E-state index contributed by atoms with van der Waals surface area (Å²) in [6.07, 6.45) is -2.10. The summed E-state index contributed by atoms with van der Waals surface area (Å²) in [5.74, 6) is 0.222. The summed E-state index contributed by atoms with van der Waals surface area (Å²) in [4.78, 5) is 2.14. The average Bonchev–Trinajstić information content (AvgIpc) is 3.20. The molecule has 1 aliphatic rings. The molecule has 0 unspecified atom stereocenters. The smallest absolute Gasteiger partial charge is 0.422 e. The van der Waals surface area contributed by atoms with E-state index >= 15 is 0 Å². The van der Waals surface area contributed by atoms with Crippen LogP contribution in [0.5, 0.6) is 5.75 Å². The van der Waals surface area contributed by atoms with Crippen LogP contribution in [-0.2, 0) is 6.54 Å². The van der Waals surface area contributed by atoms with E-state index in [1.807, 2.05) is 6.07 Å². The molecule has 2 rings (SSSR count). The topological polar surface area (TPSA) is 32.7 Å². The zero-order chi connectivity index (χ0) is 14.6. The molecule has 1 aromatic carbocycles. The minimum Gasteiger partial charge on any atom is -0.484 e. The van der Waals surface area contributed by atoms with Crippen molar-refractivity contribution in [2.75, 3.05) is 19.8 Å². The molecule has 6 heteroatoms. The number of hydrogen-bond acceptors (Lipinski definition) is 3. The highest BCUT2D eigenvalue weighted by Crippen LogP contribution is 2.28. The molecule has 3 nitrogen and oxygen atoms in total. The highest BCUT2D eigenvalue weighted by Gasteiger charge is 2.29. The van der Waals surface area contributed by atoms with E-state index < -0.39 is 12.8 Å². The summed E-state index contributed by atoms with van der Waals surface area (Å²) < 4.78 is 41.1. The van der Waals surface area contributed by atoms with Crippen LogP contribution in [0.4, 0.5) is 13.2 Å². The molecule has 0 spiro atoms. The van der Waals surface area contributed by atoms with E-state index in [-0.39, 0.29) is 12.4 Å². The molecule has 0 radical (unpaired) electrons. The van der Waals surface area contributed by atoms with Gasteiger partial charge in [-0.25, -0.2) is 0 Å². The largest absolute Gasteiger partial charge is 0.484 e. The Morgan fingerprint density at radius 1 is 1.30 bits per heavy atom. The lowest BCUT2D eigenvalue weighted by Crippen LogP contribution is -2.28. The highest BCUT2D eigenvalue weighted by molar-refractivity contribution is 5.28. The number of hydrogen-bond donors (Lipinski definition) is 1. The number of benzene rings is 1. The Hall–Kier alpha value is -1.27. The van der Waals surface area contributed by atoms with Crippen molar-refractivity contribution < 1.29 is 23.0 Å².